The van der Waals surface area contributed by atoms with Gasteiger partial charge in [0.15, 0.2) is 0 Å². The summed E-state index contributed by atoms with van der Waals surface area (Å²) in [5.41, 5.74) is 8.92. The fourth-order valence-electron chi connectivity index (χ4n) is 2.15. The van der Waals surface area contributed by atoms with Gasteiger partial charge in [-0.1, -0.05) is 0 Å². The number of hydrogen-bond donors (Lipinski definition) is 2. The summed E-state index contributed by atoms with van der Waals surface area (Å²) < 4.78 is 10.6. The zero-order chi connectivity index (χ0) is 13.8. The third-order valence-corrected chi connectivity index (χ3v) is 3.20. The average Bonchev–Trinajstić information content (AvgIpc) is 2.49. The molecule has 0 spiro atoms. The molecule has 1 aromatic heterocycles. The van der Waals surface area contributed by atoms with Crippen LogP contribution in [0.1, 0.15) is 0 Å². The third-order valence-electron chi connectivity index (χ3n) is 3.20. The normalized spacial score (nSPS) is 20.9. The van der Waals surface area contributed by atoms with Gasteiger partial charge in [-0.05, 0) is 0 Å². The maximum absolute atomic E-state index is 5.77. The fourth-order valence-corrected chi connectivity index (χ4v) is 2.15. The van der Waals surface area contributed by atoms with Gasteiger partial charge < -0.3 is 20.1 Å². The molecule has 0 aliphatic carbocycles. The van der Waals surface area contributed by atoms with Gasteiger partial charge in [0.25, 0.3) is 0 Å². The summed E-state index contributed by atoms with van der Waals surface area (Å²) >= 11 is 0. The van der Waals surface area contributed by atoms with Crippen LogP contribution in [0.4, 0.5) is 17.8 Å². The van der Waals surface area contributed by atoms with E-state index < -0.39 is 0 Å². The van der Waals surface area contributed by atoms with Gasteiger partial charge in [0.2, 0.25) is 17.8 Å². The van der Waals surface area contributed by atoms with Gasteiger partial charge in [-0.15, -0.1) is 0 Å². The van der Waals surface area contributed by atoms with Crippen LogP contribution in [0, 0.1) is 0 Å². The van der Waals surface area contributed by atoms with Crippen LogP contribution in [0.5, 0.6) is 0 Å². The first kappa shape index (κ1) is 13.3. The number of morpholine rings is 2. The van der Waals surface area contributed by atoms with Crippen LogP contribution in [0.15, 0.2) is 0 Å². The standard InChI is InChI=1S/C11H19N7O2/c12-9-13-10(16-18-3-7-20-8-4-18)15-11(14-9)17-1-5-19-6-2-17/h1-8H2,(H3,12,13,14,15,16). The van der Waals surface area contributed by atoms with Crippen molar-refractivity contribution in [1.29, 1.82) is 0 Å². The molecule has 9 heteroatoms. The Morgan fingerprint density at radius 3 is 2.25 bits per heavy atom. The van der Waals surface area contributed by atoms with Gasteiger partial charge in [0.1, 0.15) is 0 Å². The number of nitrogens with one attached hydrogen (secondary N) is 1. The average molecular weight is 281 g/mol. The van der Waals surface area contributed by atoms with E-state index in [1.165, 1.54) is 0 Å². The molecule has 3 rings (SSSR count). The molecule has 2 aliphatic heterocycles. The number of aromatic nitrogens is 3. The van der Waals surface area contributed by atoms with Gasteiger partial charge in [0, 0.05) is 26.2 Å². The van der Waals surface area contributed by atoms with Crippen molar-refractivity contribution in [3.8, 4) is 0 Å². The molecule has 110 valence electrons. The zero-order valence-corrected chi connectivity index (χ0v) is 11.3. The molecule has 2 fully saturated rings. The van der Waals surface area contributed by atoms with Gasteiger partial charge in [-0.3, -0.25) is 5.43 Å². The van der Waals surface area contributed by atoms with Crippen molar-refractivity contribution < 1.29 is 9.47 Å². The Hall–Kier alpha value is -1.71. The molecule has 0 aromatic carbocycles. The van der Waals surface area contributed by atoms with Crippen molar-refractivity contribution in [3.63, 3.8) is 0 Å². The highest BCUT2D eigenvalue weighted by atomic mass is 16.5. The smallest absolute Gasteiger partial charge is 0.244 e. The van der Waals surface area contributed by atoms with E-state index in [0.29, 0.717) is 38.3 Å². The number of rotatable bonds is 3. The molecule has 0 atom stereocenters. The van der Waals surface area contributed by atoms with Crippen LogP contribution in [0.2, 0.25) is 0 Å². The van der Waals surface area contributed by atoms with Gasteiger partial charge >= 0.3 is 0 Å². The van der Waals surface area contributed by atoms with Gasteiger partial charge in [-0.25, -0.2) is 5.01 Å². The van der Waals surface area contributed by atoms with E-state index in [2.05, 4.69) is 20.4 Å². The van der Waals surface area contributed by atoms with Crippen LogP contribution in [-0.4, -0.2) is 72.6 Å². The molecular weight excluding hydrogens is 262 g/mol. The number of ether oxygens (including phenoxy) is 2. The maximum Gasteiger partial charge on any atom is 0.244 e. The minimum Gasteiger partial charge on any atom is -0.379 e. The fraction of sp³-hybridized carbons (Fsp3) is 0.727. The van der Waals surface area contributed by atoms with Crippen molar-refractivity contribution in [3.05, 3.63) is 0 Å². The summed E-state index contributed by atoms with van der Waals surface area (Å²) in [7, 11) is 0. The van der Waals surface area contributed by atoms with Crippen molar-refractivity contribution in [2.24, 2.45) is 0 Å². The topological polar surface area (TPSA) is 102 Å². The van der Waals surface area contributed by atoms with Crippen LogP contribution >= 0.6 is 0 Å². The van der Waals surface area contributed by atoms with Crippen molar-refractivity contribution in [2.45, 2.75) is 0 Å². The number of nitrogens with two attached hydrogens (primary N) is 1. The lowest BCUT2D eigenvalue weighted by molar-refractivity contribution is 0.0492. The predicted molar refractivity (Wildman–Crippen MR) is 73.3 cm³/mol. The summed E-state index contributed by atoms with van der Waals surface area (Å²) in [6, 6.07) is 0. The van der Waals surface area contributed by atoms with E-state index in [1.807, 2.05) is 9.91 Å². The van der Waals surface area contributed by atoms with E-state index in [1.54, 1.807) is 0 Å². The molecule has 2 saturated heterocycles. The number of anilines is 3. The largest absolute Gasteiger partial charge is 0.379 e. The van der Waals surface area contributed by atoms with E-state index in [4.69, 9.17) is 15.2 Å². The number of hydrazine groups is 1. The molecule has 0 unspecified atom stereocenters. The Kier molecular flexibility index (Phi) is 4.09. The zero-order valence-electron chi connectivity index (χ0n) is 11.3. The minimum absolute atomic E-state index is 0.220. The SMILES string of the molecule is Nc1nc(NN2CCOCC2)nc(N2CCOCC2)n1. The summed E-state index contributed by atoms with van der Waals surface area (Å²) in [6.07, 6.45) is 0. The van der Waals surface area contributed by atoms with E-state index in [-0.39, 0.29) is 5.95 Å². The predicted octanol–water partition coefficient (Wildman–Crippen LogP) is -1.05. The maximum atomic E-state index is 5.77. The summed E-state index contributed by atoms with van der Waals surface area (Å²) in [5.74, 6) is 1.29. The summed E-state index contributed by atoms with van der Waals surface area (Å²) in [6.45, 7) is 5.86. The summed E-state index contributed by atoms with van der Waals surface area (Å²) in [5, 5.41) is 2.02. The Labute approximate surface area is 117 Å². The van der Waals surface area contributed by atoms with Crippen LogP contribution in [0.25, 0.3) is 0 Å². The number of nitrogens with zero attached hydrogens (tertiary/aromatic N) is 5. The highest BCUT2D eigenvalue weighted by Crippen LogP contribution is 2.14. The van der Waals surface area contributed by atoms with E-state index >= 15 is 0 Å². The van der Waals surface area contributed by atoms with Crippen molar-refractivity contribution >= 4 is 17.8 Å². The molecule has 1 aromatic rings. The Bertz CT molecular complexity index is 446. The van der Waals surface area contributed by atoms with E-state index in [9.17, 15) is 0 Å². The Morgan fingerprint density at radius 1 is 0.900 bits per heavy atom. The second-order valence-electron chi connectivity index (χ2n) is 4.63. The molecule has 0 amide bonds. The molecule has 2 aliphatic rings. The second-order valence-corrected chi connectivity index (χ2v) is 4.63. The third kappa shape index (κ3) is 3.24. The van der Waals surface area contributed by atoms with Crippen LogP contribution in [0.3, 0.4) is 0 Å². The minimum atomic E-state index is 0.220. The Morgan fingerprint density at radius 2 is 1.55 bits per heavy atom. The van der Waals surface area contributed by atoms with Crippen molar-refractivity contribution in [1.82, 2.24) is 20.0 Å². The monoisotopic (exact) mass is 281 g/mol. The molecule has 20 heavy (non-hydrogen) atoms. The molecule has 0 bridgehead atoms. The van der Waals surface area contributed by atoms with Gasteiger partial charge in [0.05, 0.1) is 26.4 Å². The molecule has 0 saturated carbocycles. The lowest BCUT2D eigenvalue weighted by Gasteiger charge is -2.29. The van der Waals surface area contributed by atoms with Gasteiger partial charge in [-0.2, -0.15) is 15.0 Å². The first-order valence-electron chi connectivity index (χ1n) is 6.75. The lowest BCUT2D eigenvalue weighted by Crippen LogP contribution is -2.41. The first-order valence-corrected chi connectivity index (χ1v) is 6.75. The molecule has 3 N–H and O–H groups in total. The highest BCUT2D eigenvalue weighted by molar-refractivity contribution is 5.41. The quantitative estimate of drug-likeness (QED) is 0.718. The number of nitrogen functional groups attached to an aromatic ring is 1. The Balaban J connectivity index is 1.71. The molecule has 9 nitrogen and oxygen atoms in total. The molecular formula is C11H19N7O2. The van der Waals surface area contributed by atoms with Crippen molar-refractivity contribution in [2.75, 3.05) is 68.7 Å². The summed E-state index contributed by atoms with van der Waals surface area (Å²) in [4.78, 5) is 14.8. The lowest BCUT2D eigenvalue weighted by atomic mass is 10.4. The highest BCUT2D eigenvalue weighted by Gasteiger charge is 2.17. The van der Waals surface area contributed by atoms with E-state index in [0.717, 1.165) is 26.2 Å². The molecule has 3 heterocycles. The van der Waals surface area contributed by atoms with Crippen LogP contribution in [-0.2, 0) is 9.47 Å². The first-order chi connectivity index (χ1) is 9.81. The van der Waals surface area contributed by atoms with Crippen LogP contribution < -0.4 is 16.1 Å². The molecule has 0 radical (unpaired) electrons. The second kappa shape index (κ2) is 6.16. The number of hydrogen-bond acceptors (Lipinski definition) is 9.